The van der Waals surface area contributed by atoms with Crippen LogP contribution in [0.4, 0.5) is 5.69 Å². The maximum atomic E-state index is 9.59. The summed E-state index contributed by atoms with van der Waals surface area (Å²) in [4.78, 5) is 0. The minimum absolute atomic E-state index is 0.0560. The van der Waals surface area contributed by atoms with Gasteiger partial charge in [0.05, 0.1) is 12.2 Å². The van der Waals surface area contributed by atoms with Crippen molar-refractivity contribution in [1.82, 2.24) is 0 Å². The van der Waals surface area contributed by atoms with E-state index in [9.17, 15) is 5.11 Å². The summed E-state index contributed by atoms with van der Waals surface area (Å²) in [6, 6.07) is 5.84. The van der Waals surface area contributed by atoms with E-state index in [4.69, 9.17) is 5.11 Å². The minimum Gasteiger partial charge on any atom is -0.392 e. The van der Waals surface area contributed by atoms with Crippen LogP contribution in [0.15, 0.2) is 18.2 Å². The second kappa shape index (κ2) is 5.32. The lowest BCUT2D eigenvalue weighted by Gasteiger charge is -2.18. The third-order valence-electron chi connectivity index (χ3n) is 2.54. The molecule has 0 aliphatic carbocycles. The molecule has 0 spiro atoms. The summed E-state index contributed by atoms with van der Waals surface area (Å²) in [6.07, 6.45) is 0.690. The lowest BCUT2D eigenvalue weighted by Crippen LogP contribution is -2.22. The van der Waals surface area contributed by atoms with Gasteiger partial charge in [-0.1, -0.05) is 12.1 Å². The van der Waals surface area contributed by atoms with Crippen molar-refractivity contribution in [2.45, 2.75) is 39.4 Å². The highest BCUT2D eigenvalue weighted by Gasteiger charge is 2.11. The number of aliphatic hydroxyl groups excluding tert-OH is 1. The zero-order chi connectivity index (χ0) is 12.2. The molecule has 0 radical (unpaired) electrons. The topological polar surface area (TPSA) is 52.5 Å². The normalized spacial score (nSPS) is 11.6. The van der Waals surface area contributed by atoms with Crippen molar-refractivity contribution in [3.63, 3.8) is 0 Å². The average molecular weight is 223 g/mol. The summed E-state index contributed by atoms with van der Waals surface area (Å²) in [7, 11) is 0. The zero-order valence-electron chi connectivity index (χ0n) is 10.2. The van der Waals surface area contributed by atoms with E-state index in [0.29, 0.717) is 6.42 Å². The Morgan fingerprint density at radius 3 is 2.56 bits per heavy atom. The van der Waals surface area contributed by atoms with Gasteiger partial charge < -0.3 is 15.5 Å². The highest BCUT2D eigenvalue weighted by Crippen LogP contribution is 2.17. The van der Waals surface area contributed by atoms with Crippen molar-refractivity contribution < 1.29 is 10.2 Å². The van der Waals surface area contributed by atoms with E-state index in [1.807, 2.05) is 25.1 Å². The van der Waals surface area contributed by atoms with Gasteiger partial charge in [0.15, 0.2) is 0 Å². The van der Waals surface area contributed by atoms with Gasteiger partial charge in [-0.25, -0.2) is 0 Å². The number of rotatable bonds is 5. The molecule has 0 saturated carbocycles. The van der Waals surface area contributed by atoms with Crippen LogP contribution in [0.25, 0.3) is 0 Å². The largest absolute Gasteiger partial charge is 0.392 e. The molecule has 0 unspecified atom stereocenters. The first-order valence-electron chi connectivity index (χ1n) is 5.59. The van der Waals surface area contributed by atoms with Crippen LogP contribution in [0, 0.1) is 6.92 Å². The van der Waals surface area contributed by atoms with Crippen LogP contribution in [0.1, 0.15) is 31.4 Å². The van der Waals surface area contributed by atoms with E-state index in [1.165, 1.54) is 0 Å². The van der Waals surface area contributed by atoms with Crippen LogP contribution < -0.4 is 5.32 Å². The molecule has 1 aromatic carbocycles. The third-order valence-corrected chi connectivity index (χ3v) is 2.54. The third kappa shape index (κ3) is 4.21. The van der Waals surface area contributed by atoms with Gasteiger partial charge in [0.2, 0.25) is 0 Å². The molecule has 1 aromatic rings. The number of nitrogens with one attached hydrogen (secondary N) is 1. The molecule has 3 heteroatoms. The molecule has 0 aliphatic heterocycles. The van der Waals surface area contributed by atoms with E-state index < -0.39 is 5.60 Å². The molecule has 0 heterocycles. The SMILES string of the molecule is Cc1ccc(CO)cc1NCCC(C)(C)O. The standard InChI is InChI=1S/C13H21NO2/c1-10-4-5-11(9-15)8-12(10)14-7-6-13(2,3)16/h4-5,8,14-16H,6-7,9H2,1-3H3. The fraction of sp³-hybridized carbons (Fsp3) is 0.538. The molecule has 0 aromatic heterocycles. The number of aliphatic hydroxyl groups is 2. The van der Waals surface area contributed by atoms with E-state index in [2.05, 4.69) is 5.32 Å². The van der Waals surface area contributed by atoms with Crippen molar-refractivity contribution >= 4 is 5.69 Å². The average Bonchev–Trinajstić information content (AvgIpc) is 2.19. The second-order valence-corrected chi connectivity index (χ2v) is 4.80. The molecule has 0 fully saturated rings. The number of hydrogen-bond acceptors (Lipinski definition) is 3. The molecule has 0 amide bonds. The molecule has 3 nitrogen and oxygen atoms in total. The van der Waals surface area contributed by atoms with E-state index in [1.54, 1.807) is 13.8 Å². The van der Waals surface area contributed by atoms with Gasteiger partial charge in [0.25, 0.3) is 0 Å². The number of benzene rings is 1. The molecular weight excluding hydrogens is 202 g/mol. The van der Waals surface area contributed by atoms with E-state index in [-0.39, 0.29) is 6.61 Å². The van der Waals surface area contributed by atoms with Crippen LogP contribution in [0.2, 0.25) is 0 Å². The first-order chi connectivity index (χ1) is 7.42. The van der Waals surface area contributed by atoms with Gasteiger partial charge in [0, 0.05) is 12.2 Å². The van der Waals surface area contributed by atoms with Gasteiger partial charge in [-0.15, -0.1) is 0 Å². The Balaban J connectivity index is 2.59. The van der Waals surface area contributed by atoms with Crippen molar-refractivity contribution in [3.05, 3.63) is 29.3 Å². The monoisotopic (exact) mass is 223 g/mol. The van der Waals surface area contributed by atoms with Crippen molar-refractivity contribution in [3.8, 4) is 0 Å². The van der Waals surface area contributed by atoms with Gasteiger partial charge in [-0.3, -0.25) is 0 Å². The smallest absolute Gasteiger partial charge is 0.0682 e. The molecule has 3 N–H and O–H groups in total. The molecule has 0 aliphatic rings. The van der Waals surface area contributed by atoms with Crippen LogP contribution in [-0.2, 0) is 6.61 Å². The lowest BCUT2D eigenvalue weighted by molar-refractivity contribution is 0.0749. The van der Waals surface area contributed by atoms with Gasteiger partial charge in [0.1, 0.15) is 0 Å². The highest BCUT2D eigenvalue weighted by atomic mass is 16.3. The number of hydrogen-bond donors (Lipinski definition) is 3. The van der Waals surface area contributed by atoms with Gasteiger partial charge in [-0.05, 0) is 44.4 Å². The van der Waals surface area contributed by atoms with Crippen molar-refractivity contribution in [1.29, 1.82) is 0 Å². The summed E-state index contributed by atoms with van der Waals surface area (Å²) in [5.41, 5.74) is 2.43. The number of aryl methyl sites for hydroxylation is 1. The fourth-order valence-corrected chi connectivity index (χ4v) is 1.46. The van der Waals surface area contributed by atoms with E-state index in [0.717, 1.165) is 23.4 Å². The summed E-state index contributed by atoms with van der Waals surface area (Å²) < 4.78 is 0. The fourth-order valence-electron chi connectivity index (χ4n) is 1.46. The quantitative estimate of drug-likeness (QED) is 0.716. The molecule has 0 bridgehead atoms. The Bertz CT molecular complexity index is 342. The highest BCUT2D eigenvalue weighted by molar-refractivity contribution is 5.52. The van der Waals surface area contributed by atoms with Crippen LogP contribution in [0.3, 0.4) is 0 Å². The maximum Gasteiger partial charge on any atom is 0.0682 e. The van der Waals surface area contributed by atoms with E-state index >= 15 is 0 Å². The molecule has 0 saturated heterocycles. The van der Waals surface area contributed by atoms with Crippen LogP contribution in [0.5, 0.6) is 0 Å². The summed E-state index contributed by atoms with van der Waals surface area (Å²) in [6.45, 7) is 6.39. The number of anilines is 1. The summed E-state index contributed by atoms with van der Waals surface area (Å²) in [5.74, 6) is 0. The van der Waals surface area contributed by atoms with Crippen LogP contribution >= 0.6 is 0 Å². The Hall–Kier alpha value is -1.06. The van der Waals surface area contributed by atoms with Gasteiger partial charge in [-0.2, -0.15) is 0 Å². The summed E-state index contributed by atoms with van der Waals surface area (Å²) in [5, 5.41) is 21.9. The Kier molecular flexibility index (Phi) is 4.33. The first kappa shape index (κ1) is 13.0. The summed E-state index contributed by atoms with van der Waals surface area (Å²) >= 11 is 0. The molecule has 0 atom stereocenters. The van der Waals surface area contributed by atoms with Crippen LogP contribution in [-0.4, -0.2) is 22.4 Å². The molecule has 16 heavy (non-hydrogen) atoms. The Labute approximate surface area is 97.1 Å². The zero-order valence-corrected chi connectivity index (χ0v) is 10.2. The molecular formula is C13H21NO2. The Morgan fingerprint density at radius 2 is 2.00 bits per heavy atom. The molecule has 1 rings (SSSR count). The van der Waals surface area contributed by atoms with Crippen molar-refractivity contribution in [2.24, 2.45) is 0 Å². The maximum absolute atomic E-state index is 9.59. The van der Waals surface area contributed by atoms with Crippen molar-refractivity contribution in [2.75, 3.05) is 11.9 Å². The molecule has 90 valence electrons. The predicted molar refractivity (Wildman–Crippen MR) is 66.5 cm³/mol. The predicted octanol–water partition coefficient (Wildman–Crippen LogP) is 2.06. The second-order valence-electron chi connectivity index (χ2n) is 4.80. The lowest BCUT2D eigenvalue weighted by atomic mass is 10.1. The minimum atomic E-state index is -0.643. The first-order valence-corrected chi connectivity index (χ1v) is 5.59. The van der Waals surface area contributed by atoms with Gasteiger partial charge >= 0.3 is 0 Å². The Morgan fingerprint density at radius 1 is 1.31 bits per heavy atom.